The van der Waals surface area contributed by atoms with Crippen molar-refractivity contribution in [1.29, 1.82) is 0 Å². The van der Waals surface area contributed by atoms with Crippen LogP contribution in [0.2, 0.25) is 5.02 Å². The standard InChI is InChI=1S/C52H67ClN12O8/c1-30(2)25-40(46(68)61-39(14-9-23-58-52(55)56)51(73)65-24-10-15-44(65)50(72)59-31(3)45(54)67)62-49(71)43(29-38-13-7-8-22-57-38)64-48(70)42(27-33-17-20-37(53)21-18-33)63-47(69)41(60-32(4)66)28-34-16-19-35-11-5-6-12-36(35)26-34/h5-8,11-13,16-22,26,30-31,39-44H,9-10,14-15,23-25,27-29H2,1-4H3,(H2,54,67)(H,59,72)(H,60,66)(H,61,68)(H,62,71)(H,63,69)(H,64,70)(H4,55,56,58)/t31-,39+,40+,41-,42-,43-,44+/m1/s1. The van der Waals surface area contributed by atoms with Gasteiger partial charge in [-0.05, 0) is 91.1 Å². The number of fused-ring (bicyclic) bond motifs is 1. The minimum Gasteiger partial charge on any atom is -0.370 e. The van der Waals surface area contributed by atoms with Crippen LogP contribution in [-0.4, -0.2) is 118 Å². The van der Waals surface area contributed by atoms with Gasteiger partial charge in [0.25, 0.3) is 0 Å². The van der Waals surface area contributed by atoms with Crippen molar-refractivity contribution in [1.82, 2.24) is 41.8 Å². The van der Waals surface area contributed by atoms with Gasteiger partial charge in [-0.3, -0.25) is 48.3 Å². The second-order valence-electron chi connectivity index (χ2n) is 18.6. The number of hydrogen-bond acceptors (Lipinski definition) is 10. The van der Waals surface area contributed by atoms with E-state index in [0.717, 1.165) is 16.3 Å². The molecular weight excluding hydrogens is 956 g/mol. The minimum absolute atomic E-state index is 0.0455. The number of primary amides is 1. The third-order valence-electron chi connectivity index (χ3n) is 12.2. The smallest absolute Gasteiger partial charge is 0.245 e. The van der Waals surface area contributed by atoms with Gasteiger partial charge in [0.15, 0.2) is 5.96 Å². The second kappa shape index (κ2) is 27.3. The van der Waals surface area contributed by atoms with Crippen molar-refractivity contribution in [3.05, 3.63) is 113 Å². The summed E-state index contributed by atoms with van der Waals surface area (Å²) < 4.78 is 0. The fraction of sp³-hybridized carbons (Fsp3) is 0.423. The first kappa shape index (κ1) is 56.3. The summed E-state index contributed by atoms with van der Waals surface area (Å²) in [6.45, 7) is 6.73. The third kappa shape index (κ3) is 17.6. The Morgan fingerprint density at radius 2 is 1.26 bits per heavy atom. The zero-order valence-electron chi connectivity index (χ0n) is 41.6. The molecule has 0 unspecified atom stereocenters. The predicted molar refractivity (Wildman–Crippen MR) is 277 cm³/mol. The van der Waals surface area contributed by atoms with Gasteiger partial charge in [0.05, 0.1) is 0 Å². The quantitative estimate of drug-likeness (QED) is 0.0260. The molecule has 390 valence electrons. The second-order valence-corrected chi connectivity index (χ2v) is 19.1. The Morgan fingerprint density at radius 3 is 1.88 bits per heavy atom. The maximum Gasteiger partial charge on any atom is 0.245 e. The van der Waals surface area contributed by atoms with Crippen molar-refractivity contribution in [3.63, 3.8) is 0 Å². The van der Waals surface area contributed by atoms with Gasteiger partial charge in [0.1, 0.15) is 42.3 Å². The fourth-order valence-electron chi connectivity index (χ4n) is 8.50. The summed E-state index contributed by atoms with van der Waals surface area (Å²) in [4.78, 5) is 120. The molecule has 0 spiro atoms. The van der Waals surface area contributed by atoms with Gasteiger partial charge in [0.2, 0.25) is 47.3 Å². The highest BCUT2D eigenvalue weighted by molar-refractivity contribution is 6.30. The molecule has 21 heteroatoms. The van der Waals surface area contributed by atoms with E-state index in [-0.39, 0.29) is 63.5 Å². The number of pyridine rings is 1. The molecule has 1 aliphatic rings. The lowest BCUT2D eigenvalue weighted by atomic mass is 9.99. The van der Waals surface area contributed by atoms with E-state index in [1.165, 1.54) is 24.9 Å². The summed E-state index contributed by atoms with van der Waals surface area (Å²) in [5.41, 5.74) is 18.3. The maximum absolute atomic E-state index is 14.6. The lowest BCUT2D eigenvalue weighted by Gasteiger charge is -2.31. The van der Waals surface area contributed by atoms with Gasteiger partial charge >= 0.3 is 0 Å². The molecule has 4 aromatic rings. The van der Waals surface area contributed by atoms with Crippen molar-refractivity contribution < 1.29 is 38.4 Å². The molecule has 0 saturated carbocycles. The molecule has 8 amide bonds. The Labute approximate surface area is 429 Å². The number of halogens is 1. The molecule has 5 rings (SSSR count). The van der Waals surface area contributed by atoms with Crippen LogP contribution in [0.15, 0.2) is 96.1 Å². The zero-order valence-corrected chi connectivity index (χ0v) is 42.3. The largest absolute Gasteiger partial charge is 0.370 e. The Bertz CT molecular complexity index is 2610. The van der Waals surface area contributed by atoms with Gasteiger partial charge in [-0.15, -0.1) is 0 Å². The van der Waals surface area contributed by atoms with E-state index in [9.17, 15) is 38.4 Å². The molecular formula is C52H67ClN12O8. The lowest BCUT2D eigenvalue weighted by molar-refractivity contribution is -0.142. The number of amides is 8. The average molecular weight is 1020 g/mol. The Morgan fingerprint density at radius 1 is 0.685 bits per heavy atom. The summed E-state index contributed by atoms with van der Waals surface area (Å²) in [7, 11) is 0. The molecule has 0 aliphatic carbocycles. The minimum atomic E-state index is -1.36. The number of carbonyl (C=O) groups excluding carboxylic acids is 8. The third-order valence-corrected chi connectivity index (χ3v) is 12.5. The predicted octanol–water partition coefficient (Wildman–Crippen LogP) is 1.44. The van der Waals surface area contributed by atoms with Crippen LogP contribution < -0.4 is 49.1 Å². The van der Waals surface area contributed by atoms with Crippen LogP contribution in [-0.2, 0) is 57.6 Å². The van der Waals surface area contributed by atoms with Crippen LogP contribution in [0.3, 0.4) is 0 Å². The number of carbonyl (C=O) groups is 8. The summed E-state index contributed by atoms with van der Waals surface area (Å²) in [5, 5.41) is 18.9. The average Bonchev–Trinajstić information content (AvgIpc) is 3.85. The number of likely N-dealkylation sites (tertiary alicyclic amines) is 1. The highest BCUT2D eigenvalue weighted by Crippen LogP contribution is 2.21. The summed E-state index contributed by atoms with van der Waals surface area (Å²) >= 11 is 6.20. The molecule has 1 saturated heterocycles. The van der Waals surface area contributed by atoms with Gasteiger partial charge in [-0.2, -0.15) is 0 Å². The van der Waals surface area contributed by atoms with Gasteiger partial charge in [-0.25, -0.2) is 0 Å². The molecule has 12 N–H and O–H groups in total. The first-order valence-corrected chi connectivity index (χ1v) is 24.7. The Hall–Kier alpha value is -7.61. The number of aromatic nitrogens is 1. The van der Waals surface area contributed by atoms with Crippen LogP contribution in [0.1, 0.15) is 76.6 Å². The molecule has 1 aromatic heterocycles. The number of nitrogens with two attached hydrogens (primary N) is 3. The van der Waals surface area contributed by atoms with E-state index in [1.54, 1.807) is 42.5 Å². The van der Waals surface area contributed by atoms with Gasteiger partial charge < -0.3 is 54.0 Å². The Balaban J connectivity index is 1.41. The van der Waals surface area contributed by atoms with Crippen molar-refractivity contribution >= 4 is 75.6 Å². The summed E-state index contributed by atoms with van der Waals surface area (Å²) in [6, 6.07) is 17.1. The topological polar surface area (TPSA) is 315 Å². The van der Waals surface area contributed by atoms with E-state index in [4.69, 9.17) is 28.8 Å². The first-order valence-electron chi connectivity index (χ1n) is 24.3. The molecule has 0 radical (unpaired) electrons. The fourth-order valence-corrected chi connectivity index (χ4v) is 8.62. The van der Waals surface area contributed by atoms with Crippen molar-refractivity contribution in [2.24, 2.45) is 28.1 Å². The van der Waals surface area contributed by atoms with E-state index in [0.29, 0.717) is 29.1 Å². The molecule has 2 heterocycles. The summed E-state index contributed by atoms with van der Waals surface area (Å²) in [6.07, 6.45) is 2.64. The number of nitrogens with zero attached hydrogens (tertiary/aromatic N) is 3. The van der Waals surface area contributed by atoms with Crippen LogP contribution in [0, 0.1) is 5.92 Å². The highest BCUT2D eigenvalue weighted by atomic mass is 35.5. The molecule has 73 heavy (non-hydrogen) atoms. The van der Waals surface area contributed by atoms with Gasteiger partial charge in [0, 0.05) is 56.2 Å². The Kier molecular flexibility index (Phi) is 21.0. The summed E-state index contributed by atoms with van der Waals surface area (Å²) in [5.74, 6) is -5.56. The monoisotopic (exact) mass is 1020 g/mol. The van der Waals surface area contributed by atoms with E-state index < -0.39 is 89.6 Å². The number of rotatable bonds is 25. The van der Waals surface area contributed by atoms with Crippen LogP contribution >= 0.6 is 11.6 Å². The van der Waals surface area contributed by atoms with Crippen molar-refractivity contribution in [2.75, 3.05) is 13.1 Å². The molecule has 7 atom stereocenters. The lowest BCUT2D eigenvalue weighted by Crippen LogP contribution is -2.60. The molecule has 1 aliphatic heterocycles. The number of guanidine groups is 1. The van der Waals surface area contributed by atoms with Crippen LogP contribution in [0.25, 0.3) is 10.8 Å². The first-order chi connectivity index (χ1) is 34.8. The molecule has 1 fully saturated rings. The molecule has 0 bridgehead atoms. The van der Waals surface area contributed by atoms with E-state index in [1.807, 2.05) is 56.3 Å². The zero-order chi connectivity index (χ0) is 53.2. The SMILES string of the molecule is CC(=O)N[C@H](Cc1ccc2ccccc2c1)C(=O)N[C@H](Cc1ccc(Cl)cc1)C(=O)N[C@H](Cc1ccccn1)C(=O)N[C@@H](CC(C)C)C(=O)N[C@@H](CCCN=C(N)N)C(=O)N1CCC[C@H]1C(=O)N[C@H](C)C(N)=O. The molecule has 3 aromatic carbocycles. The van der Waals surface area contributed by atoms with Crippen molar-refractivity contribution in [3.8, 4) is 0 Å². The van der Waals surface area contributed by atoms with Gasteiger partial charge in [-0.1, -0.05) is 86.1 Å². The maximum atomic E-state index is 14.6. The normalized spacial score (nSPS) is 15.6. The number of hydrogen-bond donors (Lipinski definition) is 9. The van der Waals surface area contributed by atoms with Crippen molar-refractivity contribution in [2.45, 2.75) is 121 Å². The van der Waals surface area contributed by atoms with E-state index in [2.05, 4.69) is 41.9 Å². The number of nitrogens with one attached hydrogen (secondary N) is 6. The number of benzene rings is 3. The number of aliphatic imine (C=N–C) groups is 1. The highest BCUT2D eigenvalue weighted by Gasteiger charge is 2.39. The van der Waals surface area contributed by atoms with Crippen LogP contribution in [0.5, 0.6) is 0 Å². The molecule has 20 nitrogen and oxygen atoms in total. The van der Waals surface area contributed by atoms with Crippen LogP contribution in [0.4, 0.5) is 0 Å². The van der Waals surface area contributed by atoms with E-state index >= 15 is 0 Å².